The van der Waals surface area contributed by atoms with Crippen LogP contribution in [-0.4, -0.2) is 23.5 Å². The Labute approximate surface area is 118 Å². The van der Waals surface area contributed by atoms with Gasteiger partial charge in [-0.25, -0.2) is 0 Å². The number of rotatable bonds is 2. The largest absolute Gasteiger partial charge is 0.491 e. The zero-order valence-corrected chi connectivity index (χ0v) is 12.0. The zero-order chi connectivity index (χ0) is 13.5. The van der Waals surface area contributed by atoms with Crippen molar-refractivity contribution in [2.45, 2.75) is 29.9 Å². The van der Waals surface area contributed by atoms with Crippen LogP contribution in [0.25, 0.3) is 0 Å². The molecule has 0 aromatic heterocycles. The summed E-state index contributed by atoms with van der Waals surface area (Å²) >= 11 is 1.84. The van der Waals surface area contributed by atoms with E-state index in [1.165, 1.54) is 10.5 Å². The van der Waals surface area contributed by atoms with Crippen LogP contribution >= 0.6 is 11.8 Å². The fourth-order valence-electron chi connectivity index (χ4n) is 2.50. The van der Waals surface area contributed by atoms with Crippen molar-refractivity contribution in [2.24, 2.45) is 0 Å². The first-order chi connectivity index (χ1) is 9.06. The molecule has 0 spiro atoms. The third-order valence-corrected chi connectivity index (χ3v) is 4.88. The lowest BCUT2D eigenvalue weighted by molar-refractivity contribution is 0.316. The fraction of sp³-hybridized carbons (Fsp3) is 0.333. The van der Waals surface area contributed by atoms with Crippen molar-refractivity contribution in [2.75, 3.05) is 6.61 Å². The summed E-state index contributed by atoms with van der Waals surface area (Å²) in [4.78, 5) is 1.26. The monoisotopic (exact) mass is 272 g/mol. The summed E-state index contributed by atoms with van der Waals surface area (Å²) in [6.45, 7) is 4.85. The molecule has 1 aromatic rings. The molecule has 3 rings (SSSR count). The van der Waals surface area contributed by atoms with Crippen LogP contribution in [0.3, 0.4) is 0 Å². The second-order valence-corrected chi connectivity index (χ2v) is 7.03. The number of fused-ring (bicyclic) bond motifs is 1. The summed E-state index contributed by atoms with van der Waals surface area (Å²) < 4.78 is 5.26. The molecule has 1 N–H and O–H groups in total. The van der Waals surface area contributed by atoms with E-state index in [2.05, 4.69) is 50.3 Å². The minimum absolute atomic E-state index is 0.0111. The van der Waals surface area contributed by atoms with Gasteiger partial charge in [0, 0.05) is 9.64 Å². The van der Waals surface area contributed by atoms with Gasteiger partial charge in [0.05, 0.1) is 6.61 Å². The summed E-state index contributed by atoms with van der Waals surface area (Å²) in [5.74, 6) is 0. The van der Waals surface area contributed by atoms with Gasteiger partial charge < -0.3 is 9.68 Å². The van der Waals surface area contributed by atoms with Crippen LogP contribution < -0.4 is 0 Å². The highest BCUT2D eigenvalue weighted by Crippen LogP contribution is 2.42. The third kappa shape index (κ3) is 2.66. The van der Waals surface area contributed by atoms with E-state index in [0.29, 0.717) is 6.61 Å². The predicted octanol–water partition coefficient (Wildman–Crippen LogP) is 3.15. The van der Waals surface area contributed by atoms with Crippen molar-refractivity contribution < 1.29 is 9.68 Å². The van der Waals surface area contributed by atoms with Crippen molar-refractivity contribution >= 4 is 18.9 Å². The van der Waals surface area contributed by atoms with Crippen LogP contribution in [-0.2, 0) is 4.65 Å². The SMILES string of the molecule is Cc1ccc(SC2(C)C=C3B(O)OCC3=CC2)cc1. The molecule has 1 unspecified atom stereocenters. The molecular formula is C15H17BO2S. The number of benzene rings is 1. The zero-order valence-electron chi connectivity index (χ0n) is 11.2. The van der Waals surface area contributed by atoms with Gasteiger partial charge >= 0.3 is 7.12 Å². The molecule has 2 aliphatic rings. The Morgan fingerprint density at radius 3 is 2.79 bits per heavy atom. The molecule has 0 saturated carbocycles. The number of hydrogen-bond donors (Lipinski definition) is 1. The lowest BCUT2D eigenvalue weighted by Crippen LogP contribution is -2.23. The van der Waals surface area contributed by atoms with Gasteiger partial charge in [-0.2, -0.15) is 0 Å². The summed E-state index contributed by atoms with van der Waals surface area (Å²) in [6.07, 6.45) is 5.34. The van der Waals surface area contributed by atoms with Gasteiger partial charge in [0.2, 0.25) is 0 Å². The summed E-state index contributed by atoms with van der Waals surface area (Å²) in [6, 6.07) is 8.59. The summed E-state index contributed by atoms with van der Waals surface area (Å²) in [7, 11) is -0.746. The highest BCUT2D eigenvalue weighted by molar-refractivity contribution is 8.00. The Kier molecular flexibility index (Phi) is 3.33. The Balaban J connectivity index is 1.83. The lowest BCUT2D eigenvalue weighted by atomic mass is 9.73. The average Bonchev–Trinajstić information content (AvgIpc) is 2.73. The Bertz CT molecular complexity index is 550. The van der Waals surface area contributed by atoms with E-state index in [-0.39, 0.29) is 4.75 Å². The minimum Gasteiger partial charge on any atom is -0.423 e. The van der Waals surface area contributed by atoms with E-state index in [4.69, 9.17) is 4.65 Å². The first-order valence-electron chi connectivity index (χ1n) is 6.53. The molecule has 2 nitrogen and oxygen atoms in total. The van der Waals surface area contributed by atoms with Crippen molar-refractivity contribution in [1.82, 2.24) is 0 Å². The Morgan fingerprint density at radius 2 is 2.05 bits per heavy atom. The molecule has 0 amide bonds. The molecule has 1 saturated heterocycles. The van der Waals surface area contributed by atoms with E-state index < -0.39 is 7.12 Å². The highest BCUT2D eigenvalue weighted by atomic mass is 32.2. The maximum atomic E-state index is 9.82. The standard InChI is InChI=1S/C15H17BO2S/c1-11-3-5-13(6-4-11)19-15(2)8-7-12-10-18-16(17)14(12)9-15/h3-7,9,17H,8,10H2,1-2H3. The van der Waals surface area contributed by atoms with E-state index in [1.807, 2.05) is 11.8 Å². The summed E-state index contributed by atoms with van der Waals surface area (Å²) in [5, 5.41) is 9.82. The third-order valence-electron chi connectivity index (χ3n) is 3.62. The van der Waals surface area contributed by atoms with E-state index in [1.54, 1.807) is 0 Å². The predicted molar refractivity (Wildman–Crippen MR) is 80.1 cm³/mol. The van der Waals surface area contributed by atoms with Crippen LogP contribution in [0.2, 0.25) is 0 Å². The van der Waals surface area contributed by atoms with Crippen molar-refractivity contribution in [3.05, 3.63) is 53.0 Å². The molecule has 0 radical (unpaired) electrons. The highest BCUT2D eigenvalue weighted by Gasteiger charge is 2.37. The molecule has 1 heterocycles. The van der Waals surface area contributed by atoms with Gasteiger partial charge in [0.15, 0.2) is 0 Å². The smallest absolute Gasteiger partial charge is 0.423 e. The Hall–Kier alpha value is -0.965. The van der Waals surface area contributed by atoms with Gasteiger partial charge in [-0.1, -0.05) is 29.8 Å². The number of aryl methyl sites for hydroxylation is 1. The molecule has 98 valence electrons. The minimum atomic E-state index is -0.746. The van der Waals surface area contributed by atoms with Gasteiger partial charge in [0.25, 0.3) is 0 Å². The van der Waals surface area contributed by atoms with Gasteiger partial charge in [-0.15, -0.1) is 11.8 Å². The molecule has 1 aliphatic carbocycles. The molecule has 0 bridgehead atoms. The summed E-state index contributed by atoms with van der Waals surface area (Å²) in [5.41, 5.74) is 3.38. The maximum Gasteiger partial charge on any atom is 0.491 e. The second-order valence-electron chi connectivity index (χ2n) is 5.42. The van der Waals surface area contributed by atoms with Gasteiger partial charge in [-0.05, 0) is 43.4 Å². The second kappa shape index (κ2) is 4.86. The maximum absolute atomic E-state index is 9.82. The topological polar surface area (TPSA) is 29.5 Å². The van der Waals surface area contributed by atoms with Crippen molar-refractivity contribution in [1.29, 1.82) is 0 Å². The van der Waals surface area contributed by atoms with Crippen LogP contribution in [0.5, 0.6) is 0 Å². The molecule has 1 aliphatic heterocycles. The first-order valence-corrected chi connectivity index (χ1v) is 7.35. The van der Waals surface area contributed by atoms with E-state index in [0.717, 1.165) is 17.5 Å². The number of hydrogen-bond acceptors (Lipinski definition) is 3. The molecular weight excluding hydrogens is 255 g/mol. The van der Waals surface area contributed by atoms with Crippen molar-refractivity contribution in [3.8, 4) is 0 Å². The molecule has 1 fully saturated rings. The number of thioether (sulfide) groups is 1. The number of allylic oxidation sites excluding steroid dienone is 1. The van der Waals surface area contributed by atoms with Crippen LogP contribution in [0.4, 0.5) is 0 Å². The van der Waals surface area contributed by atoms with E-state index in [9.17, 15) is 5.02 Å². The average molecular weight is 272 g/mol. The normalized spacial score (nSPS) is 25.9. The first kappa shape index (κ1) is 13.0. The molecule has 1 atom stereocenters. The van der Waals surface area contributed by atoms with Crippen LogP contribution in [0.15, 0.2) is 52.4 Å². The lowest BCUT2D eigenvalue weighted by Gasteiger charge is -2.28. The molecule has 4 heteroatoms. The quantitative estimate of drug-likeness (QED) is 0.839. The molecule has 1 aromatic carbocycles. The Morgan fingerprint density at radius 1 is 1.32 bits per heavy atom. The van der Waals surface area contributed by atoms with Crippen molar-refractivity contribution in [3.63, 3.8) is 0 Å². The van der Waals surface area contributed by atoms with Crippen LogP contribution in [0.1, 0.15) is 18.9 Å². The van der Waals surface area contributed by atoms with E-state index >= 15 is 0 Å². The van der Waals surface area contributed by atoms with Gasteiger partial charge in [-0.3, -0.25) is 0 Å². The van der Waals surface area contributed by atoms with Crippen LogP contribution in [0, 0.1) is 6.92 Å². The fourth-order valence-corrected chi connectivity index (χ4v) is 3.66. The van der Waals surface area contributed by atoms with Gasteiger partial charge in [0.1, 0.15) is 0 Å². The molecule has 19 heavy (non-hydrogen) atoms.